The Morgan fingerprint density at radius 1 is 0.867 bits per heavy atom. The second-order valence-corrected chi connectivity index (χ2v) is 4.41. The molecule has 0 rings (SSSR count). The molecule has 0 amide bonds. The van der Waals surface area contributed by atoms with Crippen LogP contribution >= 0.6 is 0 Å². The quantitative estimate of drug-likeness (QED) is 0.666. The highest BCUT2D eigenvalue weighted by Gasteiger charge is 2.32. The predicted molar refractivity (Wildman–Crippen MR) is 58.5 cm³/mol. The Kier molecular flexibility index (Phi) is 6.36. The van der Waals surface area contributed by atoms with Crippen molar-refractivity contribution in [2.75, 3.05) is 6.61 Å². The van der Waals surface area contributed by atoms with Gasteiger partial charge in [0.25, 0.3) is 0 Å². The topological polar surface area (TPSA) is 47.9 Å². The van der Waals surface area contributed by atoms with E-state index in [1.807, 2.05) is 41.5 Å². The van der Waals surface area contributed by atoms with Crippen LogP contribution in [0.15, 0.2) is 0 Å². The Labute approximate surface area is 92.5 Å². The lowest BCUT2D eigenvalue weighted by Crippen LogP contribution is -2.45. The highest BCUT2D eigenvalue weighted by molar-refractivity contribution is 4.58. The van der Waals surface area contributed by atoms with Crippen LogP contribution in [-0.2, 0) is 14.2 Å². The van der Waals surface area contributed by atoms with Gasteiger partial charge in [-0.15, -0.1) is 0 Å². The average molecular weight is 220 g/mol. The average Bonchev–Trinajstić information content (AvgIpc) is 1.97. The maximum absolute atomic E-state index is 10.0. The lowest BCUT2D eigenvalue weighted by molar-refractivity contribution is -0.397. The minimum absolute atomic E-state index is 0.0149. The lowest BCUT2D eigenvalue weighted by atomic mass is 10.4. The van der Waals surface area contributed by atoms with Crippen LogP contribution in [0.4, 0.5) is 0 Å². The number of rotatable bonds is 7. The third kappa shape index (κ3) is 7.73. The summed E-state index contributed by atoms with van der Waals surface area (Å²) in [6.07, 6.45) is -0.211. The van der Waals surface area contributed by atoms with Crippen LogP contribution in [0.3, 0.4) is 0 Å². The molecule has 0 aliphatic rings. The van der Waals surface area contributed by atoms with Crippen LogP contribution in [-0.4, -0.2) is 36.0 Å². The monoisotopic (exact) mass is 220 g/mol. The van der Waals surface area contributed by atoms with Crippen molar-refractivity contribution in [1.82, 2.24) is 0 Å². The van der Waals surface area contributed by atoms with Crippen LogP contribution in [0.5, 0.6) is 0 Å². The van der Waals surface area contributed by atoms with E-state index in [0.29, 0.717) is 0 Å². The fourth-order valence-electron chi connectivity index (χ4n) is 1.10. The SMILES string of the molecule is CC(C)OCC(O)(OC(C)C)OC(C)C. The van der Waals surface area contributed by atoms with E-state index in [-0.39, 0.29) is 24.9 Å². The van der Waals surface area contributed by atoms with Crippen molar-refractivity contribution in [3.8, 4) is 0 Å². The Bertz CT molecular complexity index is 156. The summed E-state index contributed by atoms with van der Waals surface area (Å²) >= 11 is 0. The molecule has 1 N–H and O–H groups in total. The molecule has 0 saturated carbocycles. The van der Waals surface area contributed by atoms with E-state index in [1.54, 1.807) is 0 Å². The molecular formula is C11H24O4. The molecule has 0 bridgehead atoms. The van der Waals surface area contributed by atoms with E-state index >= 15 is 0 Å². The molecule has 0 spiro atoms. The fourth-order valence-corrected chi connectivity index (χ4v) is 1.10. The molecule has 0 aliphatic carbocycles. The highest BCUT2D eigenvalue weighted by Crippen LogP contribution is 2.16. The van der Waals surface area contributed by atoms with Crippen LogP contribution in [0.25, 0.3) is 0 Å². The molecule has 0 unspecified atom stereocenters. The van der Waals surface area contributed by atoms with Crippen molar-refractivity contribution in [2.24, 2.45) is 0 Å². The molecule has 92 valence electrons. The van der Waals surface area contributed by atoms with Crippen LogP contribution in [0, 0.1) is 0 Å². The molecule has 0 aromatic heterocycles. The molecule has 0 fully saturated rings. The van der Waals surface area contributed by atoms with Crippen molar-refractivity contribution in [2.45, 2.75) is 65.8 Å². The van der Waals surface area contributed by atoms with Gasteiger partial charge in [0.2, 0.25) is 0 Å². The van der Waals surface area contributed by atoms with Crippen LogP contribution < -0.4 is 0 Å². The number of hydrogen-bond donors (Lipinski definition) is 1. The van der Waals surface area contributed by atoms with Gasteiger partial charge in [0.05, 0.1) is 18.3 Å². The summed E-state index contributed by atoms with van der Waals surface area (Å²) in [4.78, 5) is 0. The molecule has 0 atom stereocenters. The van der Waals surface area contributed by atoms with Crippen molar-refractivity contribution in [1.29, 1.82) is 0 Å². The van der Waals surface area contributed by atoms with Gasteiger partial charge in [-0.1, -0.05) is 0 Å². The minimum Gasteiger partial charge on any atom is -0.370 e. The normalized spacial score (nSPS) is 13.2. The Morgan fingerprint density at radius 2 is 1.27 bits per heavy atom. The molecule has 0 aliphatic heterocycles. The standard InChI is InChI=1S/C11H24O4/c1-8(2)13-7-11(12,14-9(3)4)15-10(5)6/h8-10,12H,7H2,1-6H3. The smallest absolute Gasteiger partial charge is 0.305 e. The highest BCUT2D eigenvalue weighted by atomic mass is 16.8. The molecule has 0 saturated heterocycles. The van der Waals surface area contributed by atoms with Gasteiger partial charge < -0.3 is 19.3 Å². The molecule has 0 heterocycles. The van der Waals surface area contributed by atoms with Crippen molar-refractivity contribution >= 4 is 0 Å². The minimum atomic E-state index is -1.65. The first-order valence-electron chi connectivity index (χ1n) is 5.45. The van der Waals surface area contributed by atoms with E-state index in [0.717, 1.165) is 0 Å². The summed E-state index contributed by atoms with van der Waals surface area (Å²) in [5.41, 5.74) is 0. The maximum atomic E-state index is 10.0. The van der Waals surface area contributed by atoms with Crippen molar-refractivity contribution in [3.05, 3.63) is 0 Å². The summed E-state index contributed by atoms with van der Waals surface area (Å²) in [5, 5.41) is 10.0. The Hall–Kier alpha value is -0.160. The van der Waals surface area contributed by atoms with E-state index < -0.39 is 5.97 Å². The number of ether oxygens (including phenoxy) is 3. The van der Waals surface area contributed by atoms with E-state index in [2.05, 4.69) is 0 Å². The van der Waals surface area contributed by atoms with Gasteiger partial charge in [0.1, 0.15) is 6.61 Å². The lowest BCUT2D eigenvalue weighted by Gasteiger charge is -2.31. The molecule has 0 aromatic carbocycles. The summed E-state index contributed by atoms with van der Waals surface area (Å²) in [7, 11) is 0. The van der Waals surface area contributed by atoms with Gasteiger partial charge in [-0.25, -0.2) is 0 Å². The first-order valence-corrected chi connectivity index (χ1v) is 5.45. The van der Waals surface area contributed by atoms with E-state index in [1.165, 1.54) is 0 Å². The van der Waals surface area contributed by atoms with E-state index in [9.17, 15) is 5.11 Å². The number of aliphatic hydroxyl groups is 1. The van der Waals surface area contributed by atoms with Gasteiger partial charge in [0, 0.05) is 0 Å². The fraction of sp³-hybridized carbons (Fsp3) is 1.00. The molecule has 0 aromatic rings. The zero-order valence-electron chi connectivity index (χ0n) is 10.6. The van der Waals surface area contributed by atoms with Crippen molar-refractivity contribution < 1.29 is 19.3 Å². The zero-order chi connectivity index (χ0) is 12.1. The summed E-state index contributed by atoms with van der Waals surface area (Å²) in [5.74, 6) is -1.65. The third-order valence-electron chi connectivity index (χ3n) is 1.44. The molecular weight excluding hydrogens is 196 g/mol. The predicted octanol–water partition coefficient (Wildman–Crippen LogP) is 1.91. The maximum Gasteiger partial charge on any atom is 0.305 e. The third-order valence-corrected chi connectivity index (χ3v) is 1.44. The van der Waals surface area contributed by atoms with Gasteiger partial charge in [-0.05, 0) is 41.5 Å². The molecule has 15 heavy (non-hydrogen) atoms. The van der Waals surface area contributed by atoms with Crippen LogP contribution in [0.2, 0.25) is 0 Å². The molecule has 4 heteroatoms. The zero-order valence-corrected chi connectivity index (χ0v) is 10.6. The van der Waals surface area contributed by atoms with Crippen molar-refractivity contribution in [3.63, 3.8) is 0 Å². The first kappa shape index (κ1) is 14.8. The van der Waals surface area contributed by atoms with Crippen LogP contribution in [0.1, 0.15) is 41.5 Å². The van der Waals surface area contributed by atoms with E-state index in [4.69, 9.17) is 14.2 Å². The van der Waals surface area contributed by atoms with Gasteiger partial charge >= 0.3 is 5.97 Å². The molecule has 0 radical (unpaired) electrons. The Morgan fingerprint density at radius 3 is 1.53 bits per heavy atom. The largest absolute Gasteiger partial charge is 0.370 e. The Balaban J connectivity index is 4.26. The second-order valence-electron chi connectivity index (χ2n) is 4.41. The number of hydrogen-bond acceptors (Lipinski definition) is 4. The second kappa shape index (κ2) is 6.43. The summed E-state index contributed by atoms with van der Waals surface area (Å²) < 4.78 is 15.9. The summed E-state index contributed by atoms with van der Waals surface area (Å²) in [6, 6.07) is 0. The summed E-state index contributed by atoms with van der Waals surface area (Å²) in [6.45, 7) is 11.2. The first-order chi connectivity index (χ1) is 6.75. The van der Waals surface area contributed by atoms with Gasteiger partial charge in [-0.2, -0.15) is 0 Å². The van der Waals surface area contributed by atoms with Gasteiger partial charge in [0.15, 0.2) is 0 Å². The molecule has 4 nitrogen and oxygen atoms in total. The van der Waals surface area contributed by atoms with Gasteiger partial charge in [-0.3, -0.25) is 0 Å².